The topological polar surface area (TPSA) is 54.7 Å². The molecular formula is C10H10ClN3. The average molecular weight is 208 g/mol. The molecule has 0 bridgehead atoms. The highest BCUT2D eigenvalue weighted by Crippen LogP contribution is 2.26. The SMILES string of the molecule is Cc1cnc(-c2cc(Cl)ccc2N)[nH]1. The zero-order chi connectivity index (χ0) is 10.1. The lowest BCUT2D eigenvalue weighted by molar-refractivity contribution is 1.26. The van der Waals surface area contributed by atoms with Gasteiger partial charge in [0, 0.05) is 28.2 Å². The number of aryl methyl sites for hydroxylation is 1. The molecule has 4 heteroatoms. The van der Waals surface area contributed by atoms with Crippen molar-refractivity contribution in [1.82, 2.24) is 9.97 Å². The fourth-order valence-electron chi connectivity index (χ4n) is 1.28. The second-order valence-corrected chi connectivity index (χ2v) is 3.58. The Balaban J connectivity index is 2.55. The van der Waals surface area contributed by atoms with Crippen LogP contribution in [0.4, 0.5) is 5.69 Å². The Labute approximate surface area is 86.9 Å². The summed E-state index contributed by atoms with van der Waals surface area (Å²) in [5, 5.41) is 0.656. The molecule has 0 radical (unpaired) electrons. The molecule has 72 valence electrons. The van der Waals surface area contributed by atoms with Gasteiger partial charge in [0.25, 0.3) is 0 Å². The summed E-state index contributed by atoms with van der Waals surface area (Å²) in [6.07, 6.45) is 1.76. The van der Waals surface area contributed by atoms with Crippen molar-refractivity contribution in [3.05, 3.63) is 35.1 Å². The lowest BCUT2D eigenvalue weighted by Gasteiger charge is -2.02. The molecule has 0 atom stereocenters. The molecule has 2 rings (SSSR count). The van der Waals surface area contributed by atoms with Gasteiger partial charge in [0.15, 0.2) is 0 Å². The first kappa shape index (κ1) is 9.09. The van der Waals surface area contributed by atoms with Gasteiger partial charge >= 0.3 is 0 Å². The number of H-pyrrole nitrogens is 1. The van der Waals surface area contributed by atoms with E-state index in [4.69, 9.17) is 17.3 Å². The second kappa shape index (κ2) is 3.35. The summed E-state index contributed by atoms with van der Waals surface area (Å²) in [5.41, 5.74) is 8.32. The quantitative estimate of drug-likeness (QED) is 0.707. The second-order valence-electron chi connectivity index (χ2n) is 3.15. The lowest BCUT2D eigenvalue weighted by atomic mass is 10.2. The molecule has 14 heavy (non-hydrogen) atoms. The van der Waals surface area contributed by atoms with Crippen LogP contribution in [0.25, 0.3) is 11.4 Å². The molecule has 0 amide bonds. The van der Waals surface area contributed by atoms with Gasteiger partial charge in [-0.2, -0.15) is 0 Å². The van der Waals surface area contributed by atoms with Crippen molar-refractivity contribution in [2.24, 2.45) is 0 Å². The fourth-order valence-corrected chi connectivity index (χ4v) is 1.46. The number of benzene rings is 1. The van der Waals surface area contributed by atoms with Crippen LogP contribution < -0.4 is 5.73 Å². The van der Waals surface area contributed by atoms with E-state index in [-0.39, 0.29) is 0 Å². The molecule has 0 unspecified atom stereocenters. The van der Waals surface area contributed by atoms with Crippen LogP contribution in [0.1, 0.15) is 5.69 Å². The number of anilines is 1. The number of nitrogen functional groups attached to an aromatic ring is 1. The number of nitrogens with two attached hydrogens (primary N) is 1. The molecule has 2 aromatic rings. The highest BCUT2D eigenvalue weighted by Gasteiger charge is 2.06. The van der Waals surface area contributed by atoms with Crippen LogP contribution in [0.15, 0.2) is 24.4 Å². The van der Waals surface area contributed by atoms with Crippen LogP contribution in [0, 0.1) is 6.92 Å². The van der Waals surface area contributed by atoms with Gasteiger partial charge in [0.05, 0.1) is 0 Å². The summed E-state index contributed by atoms with van der Waals surface area (Å²) in [7, 11) is 0. The van der Waals surface area contributed by atoms with Gasteiger partial charge in [0.2, 0.25) is 0 Å². The van der Waals surface area contributed by atoms with Crippen molar-refractivity contribution >= 4 is 17.3 Å². The minimum Gasteiger partial charge on any atom is -0.398 e. The Morgan fingerprint density at radius 3 is 2.86 bits per heavy atom. The average Bonchev–Trinajstić information content (AvgIpc) is 2.56. The predicted molar refractivity (Wildman–Crippen MR) is 58.2 cm³/mol. The molecule has 1 heterocycles. The van der Waals surface area contributed by atoms with Crippen LogP contribution >= 0.6 is 11.6 Å². The first-order valence-electron chi connectivity index (χ1n) is 4.24. The number of hydrogen-bond donors (Lipinski definition) is 2. The van der Waals surface area contributed by atoms with Crippen molar-refractivity contribution in [1.29, 1.82) is 0 Å². The van der Waals surface area contributed by atoms with Crippen molar-refractivity contribution in [3.63, 3.8) is 0 Å². The summed E-state index contributed by atoms with van der Waals surface area (Å²) in [6, 6.07) is 5.33. The molecule has 3 N–H and O–H groups in total. The van der Waals surface area contributed by atoms with E-state index >= 15 is 0 Å². The Morgan fingerprint density at radius 1 is 1.43 bits per heavy atom. The minimum absolute atomic E-state index is 0.656. The molecule has 0 aliphatic heterocycles. The number of rotatable bonds is 1. The molecule has 0 saturated heterocycles. The van der Waals surface area contributed by atoms with E-state index in [1.807, 2.05) is 6.92 Å². The van der Waals surface area contributed by atoms with E-state index in [0.717, 1.165) is 17.1 Å². The van der Waals surface area contributed by atoms with E-state index < -0.39 is 0 Å². The normalized spacial score (nSPS) is 10.4. The summed E-state index contributed by atoms with van der Waals surface area (Å²) in [6.45, 7) is 1.94. The molecule has 0 fully saturated rings. The summed E-state index contributed by atoms with van der Waals surface area (Å²) >= 11 is 5.88. The van der Waals surface area contributed by atoms with E-state index in [0.29, 0.717) is 10.7 Å². The van der Waals surface area contributed by atoms with Gasteiger partial charge in [-0.1, -0.05) is 11.6 Å². The zero-order valence-electron chi connectivity index (χ0n) is 7.71. The smallest absolute Gasteiger partial charge is 0.139 e. The number of nitrogens with zero attached hydrogens (tertiary/aromatic N) is 1. The number of nitrogens with one attached hydrogen (secondary N) is 1. The minimum atomic E-state index is 0.656. The van der Waals surface area contributed by atoms with Crippen molar-refractivity contribution in [2.75, 3.05) is 5.73 Å². The Bertz CT molecular complexity index is 462. The summed E-state index contributed by atoms with van der Waals surface area (Å²) in [5.74, 6) is 0.752. The van der Waals surface area contributed by atoms with Gasteiger partial charge in [-0.15, -0.1) is 0 Å². The first-order chi connectivity index (χ1) is 6.66. The van der Waals surface area contributed by atoms with Crippen molar-refractivity contribution in [3.8, 4) is 11.4 Å². The maximum absolute atomic E-state index is 5.88. The number of halogens is 1. The molecule has 1 aromatic heterocycles. The number of aromatic nitrogens is 2. The van der Waals surface area contributed by atoms with Gasteiger partial charge in [-0.25, -0.2) is 4.98 Å². The Kier molecular flexibility index (Phi) is 2.17. The van der Waals surface area contributed by atoms with Crippen molar-refractivity contribution < 1.29 is 0 Å². The largest absolute Gasteiger partial charge is 0.398 e. The fraction of sp³-hybridized carbons (Fsp3) is 0.100. The van der Waals surface area contributed by atoms with Gasteiger partial charge < -0.3 is 10.7 Å². The number of hydrogen-bond acceptors (Lipinski definition) is 2. The Hall–Kier alpha value is -1.48. The Morgan fingerprint density at radius 2 is 2.21 bits per heavy atom. The molecule has 0 aliphatic carbocycles. The van der Waals surface area contributed by atoms with Gasteiger partial charge in [-0.05, 0) is 25.1 Å². The highest BCUT2D eigenvalue weighted by molar-refractivity contribution is 6.31. The van der Waals surface area contributed by atoms with Crippen LogP contribution in [0.3, 0.4) is 0 Å². The highest BCUT2D eigenvalue weighted by atomic mass is 35.5. The lowest BCUT2D eigenvalue weighted by Crippen LogP contribution is -1.91. The number of imidazole rings is 1. The van der Waals surface area contributed by atoms with Crippen LogP contribution in [-0.2, 0) is 0 Å². The maximum atomic E-state index is 5.88. The van der Waals surface area contributed by atoms with Gasteiger partial charge in [-0.3, -0.25) is 0 Å². The molecular weight excluding hydrogens is 198 g/mol. The molecule has 0 spiro atoms. The third kappa shape index (κ3) is 1.59. The third-order valence-corrected chi connectivity index (χ3v) is 2.21. The van der Waals surface area contributed by atoms with Crippen LogP contribution in [0.2, 0.25) is 5.02 Å². The summed E-state index contributed by atoms with van der Waals surface area (Å²) < 4.78 is 0. The molecule has 3 nitrogen and oxygen atoms in total. The maximum Gasteiger partial charge on any atom is 0.139 e. The van der Waals surface area contributed by atoms with Crippen LogP contribution in [0.5, 0.6) is 0 Å². The molecule has 1 aromatic carbocycles. The number of aromatic amines is 1. The zero-order valence-corrected chi connectivity index (χ0v) is 8.47. The summed E-state index contributed by atoms with van der Waals surface area (Å²) in [4.78, 5) is 7.30. The van der Waals surface area contributed by atoms with E-state index in [1.54, 1.807) is 24.4 Å². The predicted octanol–water partition coefficient (Wildman–Crippen LogP) is 2.62. The van der Waals surface area contributed by atoms with Crippen LogP contribution in [-0.4, -0.2) is 9.97 Å². The van der Waals surface area contributed by atoms with E-state index in [2.05, 4.69) is 9.97 Å². The monoisotopic (exact) mass is 207 g/mol. The standard InChI is InChI=1S/C10H10ClN3/c1-6-5-13-10(14-6)8-4-7(11)2-3-9(8)12/h2-5H,12H2,1H3,(H,13,14). The van der Waals surface area contributed by atoms with Crippen molar-refractivity contribution in [2.45, 2.75) is 6.92 Å². The van der Waals surface area contributed by atoms with E-state index in [1.165, 1.54) is 0 Å². The van der Waals surface area contributed by atoms with Gasteiger partial charge in [0.1, 0.15) is 5.82 Å². The molecule has 0 aliphatic rings. The third-order valence-electron chi connectivity index (χ3n) is 1.97. The molecule has 0 saturated carbocycles. The van der Waals surface area contributed by atoms with E-state index in [9.17, 15) is 0 Å². The first-order valence-corrected chi connectivity index (χ1v) is 4.61.